The van der Waals surface area contributed by atoms with Crippen LogP contribution in [-0.2, 0) is 19.9 Å². The fourth-order valence-electron chi connectivity index (χ4n) is 3.25. The minimum Gasteiger partial charge on any atom is -0.444 e. The summed E-state index contributed by atoms with van der Waals surface area (Å²) in [5.74, 6) is -0.612. The molecule has 0 N–H and O–H groups in total. The number of hydrogen-bond donors (Lipinski definition) is 0. The third-order valence-electron chi connectivity index (χ3n) is 4.91. The molecule has 0 aliphatic carbocycles. The Morgan fingerprint density at radius 3 is 2.48 bits per heavy atom. The minimum atomic E-state index is -4.70. The Morgan fingerprint density at radius 1 is 1.26 bits per heavy atom. The van der Waals surface area contributed by atoms with Crippen molar-refractivity contribution >= 4 is 23.0 Å². The van der Waals surface area contributed by atoms with Gasteiger partial charge in [-0.1, -0.05) is 6.07 Å². The van der Waals surface area contributed by atoms with Crippen LogP contribution in [0.3, 0.4) is 0 Å². The number of carbonyl (C=O) groups is 1. The molecule has 0 spiro atoms. The van der Waals surface area contributed by atoms with Crippen molar-refractivity contribution in [1.29, 1.82) is 5.26 Å². The monoisotopic (exact) mass is 452 g/mol. The fraction of sp³-hybridized carbons (Fsp3) is 0.455. The second-order valence-corrected chi connectivity index (χ2v) is 9.76. The number of alkyl halides is 3. The van der Waals surface area contributed by atoms with Gasteiger partial charge in [0.1, 0.15) is 10.9 Å². The molecule has 1 aliphatic heterocycles. The molecule has 166 valence electrons. The number of rotatable bonds is 3. The van der Waals surface area contributed by atoms with Gasteiger partial charge < -0.3 is 14.4 Å². The van der Waals surface area contributed by atoms with Crippen molar-refractivity contribution in [2.75, 3.05) is 11.6 Å². The number of anilines is 1. The highest BCUT2D eigenvalue weighted by Gasteiger charge is 2.52. The Labute approximate surface area is 183 Å². The molecule has 1 aromatic heterocycles. The van der Waals surface area contributed by atoms with E-state index < -0.39 is 36.1 Å². The first-order valence-electron chi connectivity index (χ1n) is 9.56. The summed E-state index contributed by atoms with van der Waals surface area (Å²) in [6.07, 6.45) is -6.96. The molecule has 1 aromatic carbocycles. The van der Waals surface area contributed by atoms with Crippen LogP contribution in [-0.4, -0.2) is 25.1 Å². The molecular weight excluding hydrogens is 429 g/mol. The number of benzene rings is 1. The second-order valence-electron chi connectivity index (χ2n) is 8.85. The molecule has 0 bridgehead atoms. The SMILES string of the molecule is CC(C)(C)C(=O)OCN1c2ccc(-c3csc(C#N)c3)cc2C(C)(C)OC1C(F)(F)F. The van der Waals surface area contributed by atoms with E-state index in [4.69, 9.17) is 14.7 Å². The van der Waals surface area contributed by atoms with Crippen LogP contribution in [0.1, 0.15) is 45.1 Å². The van der Waals surface area contributed by atoms with E-state index in [1.165, 1.54) is 11.3 Å². The van der Waals surface area contributed by atoms with Gasteiger partial charge in [0.25, 0.3) is 0 Å². The van der Waals surface area contributed by atoms with Gasteiger partial charge in [-0.2, -0.15) is 18.4 Å². The summed E-state index contributed by atoms with van der Waals surface area (Å²) in [5, 5.41) is 10.9. The minimum absolute atomic E-state index is 0.278. The summed E-state index contributed by atoms with van der Waals surface area (Å²) in [6, 6.07) is 8.82. The van der Waals surface area contributed by atoms with E-state index in [2.05, 4.69) is 6.07 Å². The average molecular weight is 452 g/mol. The number of esters is 1. The molecule has 1 unspecified atom stereocenters. The summed E-state index contributed by atoms with van der Waals surface area (Å²) in [7, 11) is 0. The number of fused-ring (bicyclic) bond motifs is 1. The normalized spacial score (nSPS) is 18.3. The number of thiophene rings is 1. The summed E-state index contributed by atoms with van der Waals surface area (Å²) in [5.41, 5.74) is 0.258. The fourth-order valence-corrected chi connectivity index (χ4v) is 3.96. The topological polar surface area (TPSA) is 62.6 Å². The molecule has 2 aromatic rings. The van der Waals surface area contributed by atoms with Crippen LogP contribution in [0.15, 0.2) is 29.6 Å². The molecule has 0 amide bonds. The lowest BCUT2D eigenvalue weighted by Crippen LogP contribution is -2.55. The summed E-state index contributed by atoms with van der Waals surface area (Å²) < 4.78 is 52.2. The van der Waals surface area contributed by atoms with Crippen LogP contribution >= 0.6 is 11.3 Å². The molecule has 1 atom stereocenters. The van der Waals surface area contributed by atoms with E-state index in [1.807, 2.05) is 5.38 Å². The number of hydrogen-bond acceptors (Lipinski definition) is 6. The molecular formula is C22H23F3N2O3S. The van der Waals surface area contributed by atoms with Gasteiger partial charge in [0.05, 0.1) is 11.0 Å². The maximum atomic E-state index is 13.8. The smallest absolute Gasteiger partial charge is 0.433 e. The van der Waals surface area contributed by atoms with E-state index in [1.54, 1.807) is 58.9 Å². The summed E-state index contributed by atoms with van der Waals surface area (Å²) >= 11 is 1.29. The van der Waals surface area contributed by atoms with Crippen molar-refractivity contribution in [2.24, 2.45) is 5.41 Å². The van der Waals surface area contributed by atoms with Gasteiger partial charge in [-0.15, -0.1) is 11.3 Å². The Bertz CT molecular complexity index is 1030. The zero-order valence-electron chi connectivity index (χ0n) is 17.8. The van der Waals surface area contributed by atoms with Crippen LogP contribution in [0.4, 0.5) is 18.9 Å². The van der Waals surface area contributed by atoms with Crippen LogP contribution in [0, 0.1) is 16.7 Å². The molecule has 0 radical (unpaired) electrons. The lowest BCUT2D eigenvalue weighted by atomic mass is 9.90. The van der Waals surface area contributed by atoms with Crippen LogP contribution < -0.4 is 4.90 Å². The Kier molecular flexibility index (Phi) is 5.84. The predicted molar refractivity (Wildman–Crippen MR) is 111 cm³/mol. The maximum absolute atomic E-state index is 13.8. The molecule has 0 saturated heterocycles. The average Bonchev–Trinajstić information content (AvgIpc) is 3.14. The number of halogens is 3. The highest BCUT2D eigenvalue weighted by atomic mass is 32.1. The van der Waals surface area contributed by atoms with Gasteiger partial charge in [-0.3, -0.25) is 4.79 Å². The van der Waals surface area contributed by atoms with E-state index in [0.717, 1.165) is 16.0 Å². The lowest BCUT2D eigenvalue weighted by molar-refractivity contribution is -0.257. The Balaban J connectivity index is 2.04. The lowest BCUT2D eigenvalue weighted by Gasteiger charge is -2.46. The molecule has 9 heteroatoms. The summed E-state index contributed by atoms with van der Waals surface area (Å²) in [4.78, 5) is 13.6. The predicted octanol–water partition coefficient (Wildman–Crippen LogP) is 5.79. The van der Waals surface area contributed by atoms with Gasteiger partial charge in [-0.05, 0) is 69.3 Å². The van der Waals surface area contributed by atoms with Crippen LogP contribution in [0.25, 0.3) is 11.1 Å². The zero-order valence-corrected chi connectivity index (χ0v) is 18.6. The number of carbonyl (C=O) groups excluding carboxylic acids is 1. The van der Waals surface area contributed by atoms with Gasteiger partial charge in [-0.25, -0.2) is 0 Å². The van der Waals surface area contributed by atoms with Gasteiger partial charge in [0.2, 0.25) is 6.23 Å². The number of nitrogens with zero attached hydrogens (tertiary/aromatic N) is 2. The van der Waals surface area contributed by atoms with Gasteiger partial charge in [0, 0.05) is 11.3 Å². The van der Waals surface area contributed by atoms with Crippen molar-refractivity contribution in [1.82, 2.24) is 0 Å². The van der Waals surface area contributed by atoms with Crippen molar-refractivity contribution in [3.8, 4) is 17.2 Å². The first-order chi connectivity index (χ1) is 14.2. The van der Waals surface area contributed by atoms with Crippen molar-refractivity contribution in [3.05, 3.63) is 40.1 Å². The van der Waals surface area contributed by atoms with Gasteiger partial charge in [0.15, 0.2) is 6.73 Å². The van der Waals surface area contributed by atoms with Crippen molar-refractivity contribution in [3.63, 3.8) is 0 Å². The Hall–Kier alpha value is -2.57. The van der Waals surface area contributed by atoms with Crippen molar-refractivity contribution < 1.29 is 27.4 Å². The van der Waals surface area contributed by atoms with Gasteiger partial charge >= 0.3 is 12.1 Å². The zero-order chi connectivity index (χ0) is 23.2. The number of nitriles is 1. The molecule has 31 heavy (non-hydrogen) atoms. The second kappa shape index (κ2) is 7.84. The molecule has 2 heterocycles. The van der Waals surface area contributed by atoms with Crippen molar-refractivity contribution in [2.45, 2.75) is 52.6 Å². The molecule has 0 saturated carbocycles. The van der Waals surface area contributed by atoms with Crippen LogP contribution in [0.2, 0.25) is 0 Å². The van der Waals surface area contributed by atoms with E-state index >= 15 is 0 Å². The number of ether oxygens (including phenoxy) is 2. The summed E-state index contributed by atoms with van der Waals surface area (Å²) in [6.45, 7) is 7.43. The third kappa shape index (κ3) is 4.70. The first-order valence-corrected chi connectivity index (χ1v) is 10.4. The van der Waals surface area contributed by atoms with Crippen LogP contribution in [0.5, 0.6) is 0 Å². The van der Waals surface area contributed by atoms with E-state index in [-0.39, 0.29) is 5.69 Å². The molecule has 5 nitrogen and oxygen atoms in total. The molecule has 0 fully saturated rings. The Morgan fingerprint density at radius 2 is 1.94 bits per heavy atom. The largest absolute Gasteiger partial charge is 0.444 e. The highest BCUT2D eigenvalue weighted by Crippen LogP contribution is 2.46. The first kappa shape index (κ1) is 23.1. The third-order valence-corrected chi connectivity index (χ3v) is 5.75. The maximum Gasteiger partial charge on any atom is 0.433 e. The highest BCUT2D eigenvalue weighted by molar-refractivity contribution is 7.10. The van der Waals surface area contributed by atoms with E-state index in [9.17, 15) is 18.0 Å². The molecule has 1 aliphatic rings. The standard InChI is InChI=1S/C22H23F3N2O3S/c1-20(2,3)19(28)29-12-27-17-7-6-13(14-8-15(10-26)31-11-14)9-16(17)21(4,5)30-18(27)22(23,24)25/h6-9,11,18H,12H2,1-5H3. The quantitative estimate of drug-likeness (QED) is 0.552. The van der Waals surface area contributed by atoms with E-state index in [0.29, 0.717) is 10.4 Å². The molecule has 3 rings (SSSR count).